The lowest BCUT2D eigenvalue weighted by Crippen LogP contribution is -2.21. The molecule has 0 atom stereocenters. The quantitative estimate of drug-likeness (QED) is 0.668. The van der Waals surface area contributed by atoms with Gasteiger partial charge in [0.15, 0.2) is 6.61 Å². The van der Waals surface area contributed by atoms with Crippen LogP contribution in [0.15, 0.2) is 30.3 Å². The van der Waals surface area contributed by atoms with Gasteiger partial charge < -0.3 is 10.1 Å². The van der Waals surface area contributed by atoms with Crippen molar-refractivity contribution < 1.29 is 14.5 Å². The number of ether oxygens (including phenoxy) is 1. The summed E-state index contributed by atoms with van der Waals surface area (Å²) in [6.07, 6.45) is 0. The number of aryl methyl sites for hydroxylation is 2. The highest BCUT2D eigenvalue weighted by molar-refractivity contribution is 5.95. The van der Waals surface area contributed by atoms with Gasteiger partial charge in [0, 0.05) is 6.07 Å². The van der Waals surface area contributed by atoms with Crippen LogP contribution in [0.4, 0.5) is 11.4 Å². The van der Waals surface area contributed by atoms with Gasteiger partial charge >= 0.3 is 0 Å². The molecule has 0 fully saturated rings. The number of carbonyl (C=O) groups excluding carboxylic acids is 1. The van der Waals surface area contributed by atoms with E-state index in [4.69, 9.17) is 4.74 Å². The molecule has 0 aliphatic heterocycles. The van der Waals surface area contributed by atoms with Gasteiger partial charge in [-0.2, -0.15) is 0 Å². The minimum absolute atomic E-state index is 0.127. The molecule has 126 valence electrons. The molecule has 24 heavy (non-hydrogen) atoms. The maximum absolute atomic E-state index is 12.2. The number of amides is 1. The van der Waals surface area contributed by atoms with E-state index < -0.39 is 10.8 Å². The average molecular weight is 328 g/mol. The Labute approximate surface area is 140 Å². The van der Waals surface area contributed by atoms with E-state index in [0.29, 0.717) is 11.3 Å². The zero-order valence-electron chi connectivity index (χ0n) is 14.2. The highest BCUT2D eigenvalue weighted by Crippen LogP contribution is 2.30. The Kier molecular flexibility index (Phi) is 5.18. The highest BCUT2D eigenvalue weighted by Gasteiger charge is 2.19. The van der Waals surface area contributed by atoms with E-state index in [9.17, 15) is 14.9 Å². The first-order valence-electron chi connectivity index (χ1n) is 7.54. The zero-order chi connectivity index (χ0) is 17.9. The lowest BCUT2D eigenvalue weighted by atomic mass is 10.1. The fourth-order valence-corrected chi connectivity index (χ4v) is 2.31. The molecular weight excluding hydrogens is 308 g/mol. The average Bonchev–Trinajstić information content (AvgIpc) is 2.53. The number of nitro benzene ring substituents is 1. The number of hydrogen-bond acceptors (Lipinski definition) is 4. The van der Waals surface area contributed by atoms with Crippen molar-refractivity contribution in [2.75, 3.05) is 11.9 Å². The van der Waals surface area contributed by atoms with Crippen molar-refractivity contribution in [1.82, 2.24) is 0 Å². The molecule has 1 N–H and O–H groups in total. The Bertz CT molecular complexity index is 800. The van der Waals surface area contributed by atoms with E-state index in [0.717, 1.165) is 16.7 Å². The molecule has 0 heterocycles. The van der Waals surface area contributed by atoms with Crippen LogP contribution in [-0.4, -0.2) is 17.4 Å². The van der Waals surface area contributed by atoms with Gasteiger partial charge in [0.05, 0.1) is 4.92 Å². The number of nitrogens with zero attached hydrogens (tertiary/aromatic N) is 1. The monoisotopic (exact) mass is 328 g/mol. The number of hydrogen-bond donors (Lipinski definition) is 1. The van der Waals surface area contributed by atoms with E-state index in [2.05, 4.69) is 5.32 Å². The van der Waals surface area contributed by atoms with Gasteiger partial charge in [-0.15, -0.1) is 0 Å². The minimum atomic E-state index is -0.506. The smallest absolute Gasteiger partial charge is 0.293 e. The molecule has 0 aliphatic rings. The summed E-state index contributed by atoms with van der Waals surface area (Å²) in [5.41, 5.74) is 3.66. The summed E-state index contributed by atoms with van der Waals surface area (Å²) in [5.74, 6) is 0.188. The molecule has 0 bridgehead atoms. The van der Waals surface area contributed by atoms with Crippen molar-refractivity contribution in [2.24, 2.45) is 0 Å². The maximum atomic E-state index is 12.2. The van der Waals surface area contributed by atoms with Crippen molar-refractivity contribution >= 4 is 17.3 Å². The van der Waals surface area contributed by atoms with Gasteiger partial charge in [-0.05, 0) is 56.0 Å². The molecule has 0 saturated carbocycles. The molecule has 0 saturated heterocycles. The molecule has 2 rings (SSSR count). The molecule has 2 aromatic carbocycles. The molecule has 0 radical (unpaired) electrons. The molecule has 6 heteroatoms. The number of carbonyl (C=O) groups is 1. The van der Waals surface area contributed by atoms with Gasteiger partial charge in [-0.3, -0.25) is 14.9 Å². The number of anilines is 1. The van der Waals surface area contributed by atoms with Crippen LogP contribution in [0.5, 0.6) is 5.75 Å². The van der Waals surface area contributed by atoms with Crippen molar-refractivity contribution in [3.8, 4) is 5.75 Å². The van der Waals surface area contributed by atoms with Crippen molar-refractivity contribution in [3.05, 3.63) is 62.7 Å². The third-order valence-electron chi connectivity index (χ3n) is 4.09. The summed E-state index contributed by atoms with van der Waals surface area (Å²) in [7, 11) is 0. The van der Waals surface area contributed by atoms with Crippen LogP contribution in [0.2, 0.25) is 0 Å². The van der Waals surface area contributed by atoms with Crippen LogP contribution >= 0.6 is 0 Å². The fourth-order valence-electron chi connectivity index (χ4n) is 2.31. The first-order valence-corrected chi connectivity index (χ1v) is 7.54. The van der Waals surface area contributed by atoms with Crippen molar-refractivity contribution in [1.29, 1.82) is 0 Å². The summed E-state index contributed by atoms with van der Waals surface area (Å²) in [6.45, 7) is 7.24. The number of rotatable bonds is 5. The Morgan fingerprint density at radius 1 is 1.08 bits per heavy atom. The van der Waals surface area contributed by atoms with Gasteiger partial charge in [-0.25, -0.2) is 0 Å². The minimum Gasteiger partial charge on any atom is -0.483 e. The van der Waals surface area contributed by atoms with Crippen LogP contribution in [0.1, 0.15) is 22.3 Å². The summed E-state index contributed by atoms with van der Waals surface area (Å²) < 4.78 is 5.54. The van der Waals surface area contributed by atoms with Gasteiger partial charge in [0.25, 0.3) is 11.6 Å². The van der Waals surface area contributed by atoms with Crippen LogP contribution in [0.25, 0.3) is 0 Å². The molecule has 0 aliphatic carbocycles. The second-order valence-corrected chi connectivity index (χ2v) is 5.69. The Balaban J connectivity index is 2.14. The summed E-state index contributed by atoms with van der Waals surface area (Å²) in [4.78, 5) is 22.8. The Morgan fingerprint density at radius 3 is 2.42 bits per heavy atom. The third kappa shape index (κ3) is 3.71. The van der Waals surface area contributed by atoms with E-state index >= 15 is 0 Å². The SMILES string of the molecule is Cc1cccc(OCC(=O)Nc2c([N+](=O)[O-])ccc(C)c2C)c1C. The number of nitro groups is 1. The standard InChI is InChI=1S/C18H20N2O4/c1-11-6-5-7-16(13(11)3)24-10-17(21)19-18-14(4)12(2)8-9-15(18)20(22)23/h5-9H,10H2,1-4H3,(H,19,21). The predicted octanol–water partition coefficient (Wildman–Crippen LogP) is 3.85. The second kappa shape index (κ2) is 7.12. The van der Waals surface area contributed by atoms with Gasteiger partial charge in [0.2, 0.25) is 0 Å². The second-order valence-electron chi connectivity index (χ2n) is 5.69. The molecular formula is C18H20N2O4. The lowest BCUT2D eigenvalue weighted by molar-refractivity contribution is -0.384. The first-order chi connectivity index (χ1) is 11.3. The summed E-state index contributed by atoms with van der Waals surface area (Å²) in [6, 6.07) is 8.65. The van der Waals surface area contributed by atoms with Crippen LogP contribution in [-0.2, 0) is 4.79 Å². The number of benzene rings is 2. The largest absolute Gasteiger partial charge is 0.483 e. The highest BCUT2D eigenvalue weighted by atomic mass is 16.6. The van der Waals surface area contributed by atoms with Crippen molar-refractivity contribution in [3.63, 3.8) is 0 Å². The van der Waals surface area contributed by atoms with Gasteiger partial charge in [0.1, 0.15) is 11.4 Å². The van der Waals surface area contributed by atoms with Crippen molar-refractivity contribution in [2.45, 2.75) is 27.7 Å². The molecule has 0 spiro atoms. The molecule has 6 nitrogen and oxygen atoms in total. The van der Waals surface area contributed by atoms with E-state index in [1.165, 1.54) is 6.07 Å². The molecule has 0 aromatic heterocycles. The maximum Gasteiger partial charge on any atom is 0.293 e. The zero-order valence-corrected chi connectivity index (χ0v) is 14.2. The topological polar surface area (TPSA) is 81.5 Å². The summed E-state index contributed by atoms with van der Waals surface area (Å²) in [5, 5.41) is 13.8. The Hall–Kier alpha value is -2.89. The van der Waals surface area contributed by atoms with Crippen LogP contribution in [0.3, 0.4) is 0 Å². The van der Waals surface area contributed by atoms with E-state index in [1.54, 1.807) is 19.1 Å². The molecule has 0 unspecified atom stereocenters. The lowest BCUT2D eigenvalue weighted by Gasteiger charge is -2.13. The molecule has 2 aromatic rings. The molecule has 1 amide bonds. The first kappa shape index (κ1) is 17.5. The van der Waals surface area contributed by atoms with E-state index in [1.807, 2.05) is 32.9 Å². The normalized spacial score (nSPS) is 10.3. The Morgan fingerprint density at radius 2 is 1.75 bits per heavy atom. The predicted molar refractivity (Wildman–Crippen MR) is 92.6 cm³/mol. The summed E-state index contributed by atoms with van der Waals surface area (Å²) >= 11 is 0. The number of nitrogens with one attached hydrogen (secondary N) is 1. The van der Waals surface area contributed by atoms with Crippen LogP contribution in [0, 0.1) is 37.8 Å². The van der Waals surface area contributed by atoms with Gasteiger partial charge in [-0.1, -0.05) is 18.2 Å². The fraction of sp³-hybridized carbons (Fsp3) is 0.278. The third-order valence-corrected chi connectivity index (χ3v) is 4.09. The van der Waals surface area contributed by atoms with E-state index in [-0.39, 0.29) is 18.0 Å². The van der Waals surface area contributed by atoms with Crippen LogP contribution < -0.4 is 10.1 Å².